The van der Waals surface area contributed by atoms with Gasteiger partial charge in [-0.1, -0.05) is 12.1 Å². The van der Waals surface area contributed by atoms with Crippen molar-refractivity contribution in [1.82, 2.24) is 15.2 Å². The van der Waals surface area contributed by atoms with Crippen molar-refractivity contribution in [2.45, 2.75) is 26.3 Å². The molecule has 26 heavy (non-hydrogen) atoms. The maximum Gasteiger partial charge on any atom is 0.262 e. The Kier molecular flexibility index (Phi) is 3.91. The molecule has 0 bridgehead atoms. The van der Waals surface area contributed by atoms with Crippen LogP contribution in [0.3, 0.4) is 0 Å². The van der Waals surface area contributed by atoms with Crippen LogP contribution in [0.5, 0.6) is 0 Å². The topological polar surface area (TPSA) is 123 Å². The fourth-order valence-corrected chi connectivity index (χ4v) is 2.80. The minimum absolute atomic E-state index is 0.0645. The van der Waals surface area contributed by atoms with Gasteiger partial charge in [0.25, 0.3) is 23.3 Å². The van der Waals surface area contributed by atoms with Crippen molar-refractivity contribution in [2.24, 2.45) is 0 Å². The maximum absolute atomic E-state index is 12.6. The molecule has 0 unspecified atom stereocenters. The van der Waals surface area contributed by atoms with Crippen LogP contribution in [0.4, 0.5) is 5.82 Å². The van der Waals surface area contributed by atoms with Gasteiger partial charge in [0.1, 0.15) is 5.82 Å². The zero-order chi connectivity index (χ0) is 19.2. The fourth-order valence-electron chi connectivity index (χ4n) is 2.80. The number of nitrogen functional groups attached to an aromatic ring is 1. The molecule has 0 fully saturated rings. The predicted molar refractivity (Wildman–Crippen MR) is 95.5 cm³/mol. The molecular weight excluding hydrogens is 336 g/mol. The van der Waals surface area contributed by atoms with E-state index < -0.39 is 22.9 Å². The van der Waals surface area contributed by atoms with Crippen LogP contribution >= 0.6 is 0 Å². The molecule has 1 aliphatic rings. The summed E-state index contributed by atoms with van der Waals surface area (Å²) >= 11 is 0. The highest BCUT2D eigenvalue weighted by Crippen LogP contribution is 2.24. The van der Waals surface area contributed by atoms with E-state index in [0.717, 1.165) is 10.6 Å². The average Bonchev–Trinajstić information content (AvgIpc) is 2.80. The Bertz CT molecular complexity index is 1010. The molecule has 134 valence electrons. The summed E-state index contributed by atoms with van der Waals surface area (Å²) in [5, 5.41) is 4.93. The lowest BCUT2D eigenvalue weighted by molar-refractivity contribution is 0.0876. The monoisotopic (exact) mass is 354 g/mol. The van der Waals surface area contributed by atoms with E-state index in [2.05, 4.69) is 10.6 Å². The molecule has 1 aromatic carbocycles. The Morgan fingerprint density at radius 2 is 1.77 bits per heavy atom. The number of para-hydroxylation sites is 1. The van der Waals surface area contributed by atoms with Crippen molar-refractivity contribution in [3.8, 4) is 5.69 Å². The van der Waals surface area contributed by atoms with Crippen molar-refractivity contribution in [2.75, 3.05) is 5.73 Å². The Labute approximate surface area is 149 Å². The molecule has 0 saturated carbocycles. The number of aromatic nitrogens is 1. The molecule has 1 aromatic heterocycles. The van der Waals surface area contributed by atoms with Crippen molar-refractivity contribution < 1.29 is 14.4 Å². The molecule has 0 radical (unpaired) electrons. The van der Waals surface area contributed by atoms with Gasteiger partial charge in [-0.2, -0.15) is 0 Å². The van der Waals surface area contributed by atoms with Crippen LogP contribution in [0.25, 0.3) is 5.69 Å². The summed E-state index contributed by atoms with van der Waals surface area (Å²) in [7, 11) is 0. The number of benzene rings is 1. The highest BCUT2D eigenvalue weighted by atomic mass is 16.2. The highest BCUT2D eigenvalue weighted by molar-refractivity contribution is 6.23. The van der Waals surface area contributed by atoms with Gasteiger partial charge >= 0.3 is 0 Å². The van der Waals surface area contributed by atoms with Crippen LogP contribution in [0, 0.1) is 0 Å². The van der Waals surface area contributed by atoms with E-state index in [9.17, 15) is 19.2 Å². The van der Waals surface area contributed by atoms with Gasteiger partial charge in [-0.3, -0.25) is 29.1 Å². The number of imide groups is 1. The zero-order valence-corrected chi connectivity index (χ0v) is 14.5. The fraction of sp³-hybridized carbons (Fsp3) is 0.222. The summed E-state index contributed by atoms with van der Waals surface area (Å²) < 4.78 is 1.06. The summed E-state index contributed by atoms with van der Waals surface area (Å²) in [5.41, 5.74) is 5.26. The maximum atomic E-state index is 12.6. The number of nitrogens with zero attached hydrogens (tertiary/aromatic N) is 1. The van der Waals surface area contributed by atoms with E-state index in [1.54, 1.807) is 24.3 Å². The first-order valence-electron chi connectivity index (χ1n) is 7.93. The molecule has 3 rings (SSSR count). The van der Waals surface area contributed by atoms with Crippen LogP contribution in [-0.4, -0.2) is 27.8 Å². The van der Waals surface area contributed by atoms with Crippen molar-refractivity contribution in [3.05, 3.63) is 57.4 Å². The number of pyridine rings is 1. The first-order valence-corrected chi connectivity index (χ1v) is 7.93. The van der Waals surface area contributed by atoms with Crippen LogP contribution in [0.2, 0.25) is 0 Å². The lowest BCUT2D eigenvalue weighted by Gasteiger charge is -2.22. The van der Waals surface area contributed by atoms with E-state index in [-0.39, 0.29) is 34.1 Å². The normalized spacial score (nSPS) is 13.3. The smallest absolute Gasteiger partial charge is 0.262 e. The molecule has 8 nitrogen and oxygen atoms in total. The third-order valence-corrected chi connectivity index (χ3v) is 3.83. The van der Waals surface area contributed by atoms with Gasteiger partial charge in [-0.05, 0) is 32.9 Å². The molecule has 4 N–H and O–H groups in total. The molecular formula is C18H18N4O4. The Morgan fingerprint density at radius 3 is 2.42 bits per heavy atom. The number of carbonyl (C=O) groups excluding carboxylic acids is 3. The second kappa shape index (κ2) is 5.83. The quantitative estimate of drug-likeness (QED) is 0.689. The third-order valence-electron chi connectivity index (χ3n) is 3.83. The van der Waals surface area contributed by atoms with Gasteiger partial charge in [0, 0.05) is 11.6 Å². The first-order chi connectivity index (χ1) is 12.1. The third kappa shape index (κ3) is 2.85. The van der Waals surface area contributed by atoms with Crippen molar-refractivity contribution >= 4 is 23.5 Å². The van der Waals surface area contributed by atoms with Gasteiger partial charge in [0.05, 0.1) is 22.4 Å². The summed E-state index contributed by atoms with van der Waals surface area (Å²) in [6.45, 7) is 5.50. The van der Waals surface area contributed by atoms with E-state index in [1.165, 1.54) is 0 Å². The lowest BCUT2D eigenvalue weighted by Crippen LogP contribution is -2.41. The summed E-state index contributed by atoms with van der Waals surface area (Å²) in [6.07, 6.45) is 0. The zero-order valence-electron chi connectivity index (χ0n) is 14.5. The molecule has 0 spiro atoms. The van der Waals surface area contributed by atoms with Crippen LogP contribution in [0.1, 0.15) is 51.8 Å². The van der Waals surface area contributed by atoms with E-state index >= 15 is 0 Å². The summed E-state index contributed by atoms with van der Waals surface area (Å²) in [5.74, 6) is -1.92. The molecule has 0 atom stereocenters. The van der Waals surface area contributed by atoms with Gasteiger partial charge in [-0.15, -0.1) is 0 Å². The number of nitrogens with one attached hydrogen (secondary N) is 2. The number of hydrogen-bond acceptors (Lipinski definition) is 5. The second-order valence-corrected chi connectivity index (χ2v) is 7.00. The molecule has 2 aromatic rings. The second-order valence-electron chi connectivity index (χ2n) is 7.00. The van der Waals surface area contributed by atoms with Gasteiger partial charge in [-0.25, -0.2) is 0 Å². The van der Waals surface area contributed by atoms with Crippen molar-refractivity contribution in [3.63, 3.8) is 0 Å². The molecule has 0 aliphatic carbocycles. The van der Waals surface area contributed by atoms with Crippen LogP contribution in [-0.2, 0) is 0 Å². The van der Waals surface area contributed by atoms with Gasteiger partial charge < -0.3 is 11.1 Å². The lowest BCUT2D eigenvalue weighted by atomic mass is 10.1. The number of amides is 3. The number of hydrogen-bond donors (Lipinski definition) is 3. The highest BCUT2D eigenvalue weighted by Gasteiger charge is 2.32. The first kappa shape index (κ1) is 17.4. The summed E-state index contributed by atoms with van der Waals surface area (Å²) in [4.78, 5) is 49.0. The minimum Gasteiger partial charge on any atom is -0.384 e. The molecule has 2 heterocycles. The standard InChI is InChI=1S/C18H18N4O4/c1-18(2,3)21-16(25)9-6-4-5-7-11(9)22-12(23)8-10-13(14(22)19)17(26)20-15(10)24/h4-8H,19H2,1-3H3,(H,21,25)(H,20,24,26). The number of anilines is 1. The SMILES string of the molecule is CC(C)(C)NC(=O)c1ccccc1-n1c(N)c2c(cc1=O)C(=O)NC2=O. The van der Waals surface area contributed by atoms with E-state index in [1.807, 2.05) is 20.8 Å². The van der Waals surface area contributed by atoms with Crippen molar-refractivity contribution in [1.29, 1.82) is 0 Å². The molecule has 0 saturated heterocycles. The van der Waals surface area contributed by atoms with E-state index in [4.69, 9.17) is 5.73 Å². The number of carbonyl (C=O) groups is 3. The van der Waals surface area contributed by atoms with E-state index in [0.29, 0.717) is 0 Å². The average molecular weight is 354 g/mol. The van der Waals surface area contributed by atoms with Gasteiger partial charge in [0.2, 0.25) is 0 Å². The number of rotatable bonds is 2. The Balaban J connectivity index is 2.23. The van der Waals surface area contributed by atoms with Crippen LogP contribution in [0.15, 0.2) is 35.1 Å². The predicted octanol–water partition coefficient (Wildman–Crippen LogP) is 0.832. The Morgan fingerprint density at radius 1 is 1.12 bits per heavy atom. The Hall–Kier alpha value is -3.42. The minimum atomic E-state index is -0.673. The van der Waals surface area contributed by atoms with Gasteiger partial charge in [0.15, 0.2) is 0 Å². The van der Waals surface area contributed by atoms with Crippen LogP contribution < -0.4 is 21.9 Å². The molecule has 3 amide bonds. The summed E-state index contributed by atoms with van der Waals surface area (Å²) in [6, 6.07) is 7.46. The number of nitrogens with two attached hydrogens (primary N) is 1. The largest absolute Gasteiger partial charge is 0.384 e. The number of fused-ring (bicyclic) bond motifs is 1. The molecule has 1 aliphatic heterocycles. The molecule has 8 heteroatoms.